The summed E-state index contributed by atoms with van der Waals surface area (Å²) in [4.78, 5) is 27.2. The van der Waals surface area contributed by atoms with Crippen LogP contribution in [0.15, 0.2) is 33.7 Å². The van der Waals surface area contributed by atoms with Crippen LogP contribution in [-0.4, -0.2) is 73.2 Å². The second kappa shape index (κ2) is 8.34. The van der Waals surface area contributed by atoms with Gasteiger partial charge in [-0.15, -0.1) is 0 Å². The first-order valence-corrected chi connectivity index (χ1v) is 11.6. The Balaban J connectivity index is 1.69. The molecule has 1 aliphatic heterocycles. The van der Waals surface area contributed by atoms with Crippen molar-refractivity contribution >= 4 is 27.7 Å². The first kappa shape index (κ1) is 22.5. The van der Waals surface area contributed by atoms with Crippen molar-refractivity contribution < 1.29 is 36.2 Å². The van der Waals surface area contributed by atoms with Crippen molar-refractivity contribution in [3.8, 4) is 0 Å². The number of fused-ring (bicyclic) bond motifs is 1. The smallest absolute Gasteiger partial charge is 0.381 e. The van der Waals surface area contributed by atoms with Gasteiger partial charge in [0.05, 0.1) is 22.7 Å². The molecule has 1 fully saturated rings. The number of imide groups is 1. The van der Waals surface area contributed by atoms with Gasteiger partial charge in [-0.1, -0.05) is 5.16 Å². The number of amides is 3. The van der Waals surface area contributed by atoms with Gasteiger partial charge in [0, 0.05) is 13.2 Å². The number of hydrogen-bond donors (Lipinski definition) is 1. The number of urea groups is 1. The van der Waals surface area contributed by atoms with E-state index in [0.29, 0.717) is 30.0 Å². The molecular weight excluding hydrogens is 443 g/mol. The van der Waals surface area contributed by atoms with Crippen molar-refractivity contribution in [2.45, 2.75) is 31.8 Å². The molecule has 0 aromatic carbocycles. The third kappa shape index (κ3) is 4.17. The molecule has 172 valence electrons. The summed E-state index contributed by atoms with van der Waals surface area (Å²) in [5.41, 5.74) is -0.111. The zero-order valence-electron chi connectivity index (χ0n) is 17.7. The molecule has 1 unspecified atom stereocenters. The molecular formula is C20H24FN4O6S+. The molecule has 0 spiro atoms. The van der Waals surface area contributed by atoms with Gasteiger partial charge in [-0.3, -0.25) is 0 Å². The van der Waals surface area contributed by atoms with Gasteiger partial charge < -0.3 is 9.26 Å². The molecule has 2 heterocycles. The van der Waals surface area contributed by atoms with E-state index in [1.54, 1.807) is 13.0 Å². The summed E-state index contributed by atoms with van der Waals surface area (Å²) < 4.78 is 52.9. The monoisotopic (exact) mass is 467 g/mol. The van der Waals surface area contributed by atoms with Gasteiger partial charge >= 0.3 is 11.9 Å². The zero-order chi connectivity index (χ0) is 23.1. The van der Waals surface area contributed by atoms with E-state index in [9.17, 15) is 22.4 Å². The Morgan fingerprint density at radius 1 is 1.38 bits per heavy atom. The number of alkyl halides is 1. The summed E-state index contributed by atoms with van der Waals surface area (Å²) in [7, 11) is -2.55. The minimum atomic E-state index is -4.04. The summed E-state index contributed by atoms with van der Waals surface area (Å²) >= 11 is 0. The van der Waals surface area contributed by atoms with Gasteiger partial charge in [0.15, 0.2) is 12.3 Å². The fourth-order valence-corrected chi connectivity index (χ4v) is 5.20. The van der Waals surface area contributed by atoms with Crippen molar-refractivity contribution in [1.29, 1.82) is 0 Å². The molecule has 1 atom stereocenters. The van der Waals surface area contributed by atoms with Gasteiger partial charge in [-0.05, 0) is 38.0 Å². The third-order valence-corrected chi connectivity index (χ3v) is 7.25. The SMILES string of the molecule is COCC[N+]1=C2C=CC(S(=O)(=O)NC3(CF)CC3)=CC2C(=O)N(Cc2cc(C)no2)C1=O. The number of aryl methyl sites for hydroxylation is 1. The first-order valence-electron chi connectivity index (χ1n) is 10.1. The highest BCUT2D eigenvalue weighted by Crippen LogP contribution is 2.37. The highest BCUT2D eigenvalue weighted by Gasteiger charge is 2.50. The number of sulfonamides is 1. The molecule has 1 aromatic heterocycles. The second-order valence-corrected chi connectivity index (χ2v) is 9.79. The molecule has 3 aliphatic rings. The van der Waals surface area contributed by atoms with Gasteiger partial charge in [-0.2, -0.15) is 14.3 Å². The van der Waals surface area contributed by atoms with Crippen LogP contribution in [0.2, 0.25) is 0 Å². The largest absolute Gasteiger partial charge is 0.501 e. The lowest BCUT2D eigenvalue weighted by Crippen LogP contribution is -2.54. The van der Waals surface area contributed by atoms with Gasteiger partial charge in [0.25, 0.3) is 0 Å². The number of carbonyl (C=O) groups is 2. The lowest BCUT2D eigenvalue weighted by molar-refractivity contribution is -0.444. The van der Waals surface area contributed by atoms with Crippen LogP contribution in [0.3, 0.4) is 0 Å². The van der Waals surface area contributed by atoms with E-state index in [4.69, 9.17) is 9.26 Å². The van der Waals surface area contributed by atoms with Crippen LogP contribution in [-0.2, 0) is 26.1 Å². The second-order valence-electron chi connectivity index (χ2n) is 8.11. The van der Waals surface area contributed by atoms with E-state index in [1.165, 1.54) is 29.9 Å². The minimum absolute atomic E-state index is 0.143. The first-order chi connectivity index (χ1) is 15.2. The number of nitrogens with one attached hydrogen (secondary N) is 1. The van der Waals surface area contributed by atoms with Crippen LogP contribution in [0.1, 0.15) is 24.3 Å². The highest BCUT2D eigenvalue weighted by atomic mass is 32.2. The lowest BCUT2D eigenvalue weighted by atomic mass is 9.94. The van der Waals surface area contributed by atoms with Crippen LogP contribution in [0.5, 0.6) is 0 Å². The van der Waals surface area contributed by atoms with Gasteiger partial charge in [0.2, 0.25) is 10.0 Å². The van der Waals surface area contributed by atoms with Crippen molar-refractivity contribution in [3.63, 3.8) is 0 Å². The topological polar surface area (TPSA) is 122 Å². The van der Waals surface area contributed by atoms with Gasteiger partial charge in [0.1, 0.15) is 24.8 Å². The molecule has 1 aromatic rings. The fraction of sp³-hybridized carbons (Fsp3) is 0.500. The predicted octanol–water partition coefficient (Wildman–Crippen LogP) is 1.04. The normalized spacial score (nSPS) is 22.3. The van der Waals surface area contributed by atoms with E-state index in [-0.39, 0.29) is 24.6 Å². The Morgan fingerprint density at radius 2 is 2.12 bits per heavy atom. The quantitative estimate of drug-likeness (QED) is 0.539. The summed E-state index contributed by atoms with van der Waals surface area (Å²) in [5.74, 6) is -1.27. The Bertz CT molecular complexity index is 1150. The molecule has 3 amide bonds. The maximum Gasteiger partial charge on any atom is 0.501 e. The van der Waals surface area contributed by atoms with Crippen LogP contribution in [0, 0.1) is 12.8 Å². The number of ether oxygens (including phenoxy) is 1. The van der Waals surface area contributed by atoms with Crippen molar-refractivity contribution in [3.05, 3.63) is 40.7 Å². The Hall–Kier alpha value is -2.70. The summed E-state index contributed by atoms with van der Waals surface area (Å²) in [5, 5.41) is 3.77. The maximum atomic E-state index is 13.2. The molecule has 4 rings (SSSR count). The van der Waals surface area contributed by atoms with Crippen LogP contribution >= 0.6 is 0 Å². The Morgan fingerprint density at radius 3 is 2.72 bits per heavy atom. The lowest BCUT2D eigenvalue weighted by Gasteiger charge is -2.27. The van der Waals surface area contributed by atoms with E-state index < -0.39 is 40.1 Å². The average molecular weight is 467 g/mol. The summed E-state index contributed by atoms with van der Waals surface area (Å²) in [6.07, 6.45) is 4.89. The molecule has 12 heteroatoms. The van der Waals surface area contributed by atoms with Crippen molar-refractivity contribution in [1.82, 2.24) is 14.8 Å². The number of hydrogen-bond acceptors (Lipinski definition) is 7. The fourth-order valence-electron chi connectivity index (χ4n) is 3.69. The summed E-state index contributed by atoms with van der Waals surface area (Å²) in [6.45, 7) is 1.16. The van der Waals surface area contributed by atoms with E-state index in [1.807, 2.05) is 0 Å². The number of halogens is 1. The van der Waals surface area contributed by atoms with E-state index in [2.05, 4.69) is 9.88 Å². The number of nitrogens with zero attached hydrogens (tertiary/aromatic N) is 3. The maximum absolute atomic E-state index is 13.2. The Kier molecular flexibility index (Phi) is 5.86. The average Bonchev–Trinajstić information content (AvgIpc) is 3.41. The number of aromatic nitrogens is 1. The third-order valence-electron chi connectivity index (χ3n) is 5.65. The van der Waals surface area contributed by atoms with Crippen molar-refractivity contribution in [2.75, 3.05) is 26.9 Å². The Labute approximate surface area is 184 Å². The molecule has 1 saturated carbocycles. The van der Waals surface area contributed by atoms with Crippen LogP contribution in [0.4, 0.5) is 9.18 Å². The van der Waals surface area contributed by atoms with Crippen molar-refractivity contribution in [2.24, 2.45) is 5.92 Å². The summed E-state index contributed by atoms with van der Waals surface area (Å²) in [6, 6.07) is 1.05. The standard InChI is InChI=1S/C20H24FN4O6S/c1-13-9-14(31-22-13)11-25-18(26)16-10-15(32(28,29)23-20(12-21)5-6-20)3-4-17(16)24(19(25)27)7-8-30-2/h3-4,9-10,16,23H,5-8,11-12H2,1-2H3/q+1. The number of allylic oxidation sites excluding steroid dienone is 2. The number of carbonyl (C=O) groups excluding carboxylic acids is 2. The minimum Gasteiger partial charge on any atom is -0.381 e. The molecule has 0 radical (unpaired) electrons. The molecule has 0 saturated heterocycles. The van der Waals surface area contributed by atoms with Crippen LogP contribution < -0.4 is 4.72 Å². The zero-order valence-corrected chi connectivity index (χ0v) is 18.5. The van der Waals surface area contributed by atoms with Crippen LogP contribution in [0.25, 0.3) is 0 Å². The van der Waals surface area contributed by atoms with E-state index >= 15 is 0 Å². The van der Waals surface area contributed by atoms with E-state index in [0.717, 1.165) is 4.90 Å². The number of rotatable bonds is 9. The van der Waals surface area contributed by atoms with Gasteiger partial charge in [-0.25, -0.2) is 22.3 Å². The molecule has 2 aliphatic carbocycles. The highest BCUT2D eigenvalue weighted by molar-refractivity contribution is 7.93. The number of methoxy groups -OCH3 is 1. The molecule has 1 N–H and O–H groups in total. The molecule has 32 heavy (non-hydrogen) atoms. The predicted molar refractivity (Wildman–Crippen MR) is 110 cm³/mol. The molecule has 0 bridgehead atoms. The molecule has 10 nitrogen and oxygen atoms in total.